The minimum atomic E-state index is -0.102. The van der Waals surface area contributed by atoms with Gasteiger partial charge in [-0.25, -0.2) is 4.98 Å². The van der Waals surface area contributed by atoms with Gasteiger partial charge in [-0.05, 0) is 17.7 Å². The van der Waals surface area contributed by atoms with Crippen LogP contribution in [0.2, 0.25) is 5.02 Å². The number of rotatable bonds is 2. The van der Waals surface area contributed by atoms with Crippen molar-refractivity contribution in [3.63, 3.8) is 0 Å². The number of morpholine rings is 1. The van der Waals surface area contributed by atoms with Crippen molar-refractivity contribution >= 4 is 23.2 Å². The highest BCUT2D eigenvalue weighted by molar-refractivity contribution is 6.30. The fraction of sp³-hybridized carbons (Fsp3) is 0.222. The van der Waals surface area contributed by atoms with Crippen LogP contribution in [0.4, 0.5) is 0 Å². The summed E-state index contributed by atoms with van der Waals surface area (Å²) in [6.07, 6.45) is 3.36. The van der Waals surface area contributed by atoms with Crippen LogP contribution in [-0.2, 0) is 4.74 Å². The molecule has 0 aliphatic carbocycles. The van der Waals surface area contributed by atoms with Gasteiger partial charge in [0.05, 0.1) is 18.2 Å². The van der Waals surface area contributed by atoms with E-state index in [2.05, 4.69) is 4.98 Å². The molecule has 24 heavy (non-hydrogen) atoms. The zero-order valence-electron chi connectivity index (χ0n) is 12.9. The van der Waals surface area contributed by atoms with E-state index in [9.17, 15) is 4.79 Å². The van der Waals surface area contributed by atoms with E-state index in [0.29, 0.717) is 36.1 Å². The van der Waals surface area contributed by atoms with Gasteiger partial charge in [-0.1, -0.05) is 41.9 Å². The van der Waals surface area contributed by atoms with E-state index in [0.717, 1.165) is 5.56 Å². The Kier molecular flexibility index (Phi) is 3.96. The second-order valence-electron chi connectivity index (χ2n) is 5.76. The molecule has 0 spiro atoms. The lowest BCUT2D eigenvalue weighted by atomic mass is 10.1. The first kappa shape index (κ1) is 15.2. The monoisotopic (exact) mass is 341 g/mol. The Bertz CT molecular complexity index is 878. The number of carbonyl (C=O) groups is 1. The molecule has 0 radical (unpaired) electrons. The van der Waals surface area contributed by atoms with Crippen LogP contribution in [0.15, 0.2) is 54.9 Å². The molecule has 1 aliphatic rings. The minimum Gasteiger partial charge on any atom is -0.370 e. The maximum atomic E-state index is 12.8. The Morgan fingerprint density at radius 3 is 2.83 bits per heavy atom. The normalized spacial score (nSPS) is 18.0. The van der Waals surface area contributed by atoms with Crippen molar-refractivity contribution in [1.29, 1.82) is 0 Å². The van der Waals surface area contributed by atoms with Gasteiger partial charge < -0.3 is 14.0 Å². The average Bonchev–Trinajstić information content (AvgIpc) is 3.05. The maximum Gasteiger partial charge on any atom is 0.274 e. The van der Waals surface area contributed by atoms with Gasteiger partial charge >= 0.3 is 0 Å². The number of carbonyl (C=O) groups excluding carboxylic acids is 1. The molecule has 122 valence electrons. The predicted octanol–water partition coefficient (Wildman–Crippen LogP) is 3.20. The topological polar surface area (TPSA) is 46.8 Å². The third-order valence-corrected chi connectivity index (χ3v) is 4.38. The zero-order valence-corrected chi connectivity index (χ0v) is 13.7. The molecule has 5 nitrogen and oxygen atoms in total. The summed E-state index contributed by atoms with van der Waals surface area (Å²) in [5, 5.41) is 0.606. The van der Waals surface area contributed by atoms with Gasteiger partial charge in [0.1, 0.15) is 17.4 Å². The standard InChI is InChI=1S/C18H16ClN3O2/c19-14-6-7-17-20-15(11-22(17)10-14)18(23)21-8-9-24-16(12-21)13-4-2-1-3-5-13/h1-7,10-11,16H,8-9,12H2/t16-/m1/s1. The smallest absolute Gasteiger partial charge is 0.274 e. The van der Waals surface area contributed by atoms with Crippen LogP contribution in [0.3, 0.4) is 0 Å². The van der Waals surface area contributed by atoms with Crippen LogP contribution in [0.1, 0.15) is 22.2 Å². The summed E-state index contributed by atoms with van der Waals surface area (Å²) in [7, 11) is 0. The van der Waals surface area contributed by atoms with Crippen LogP contribution in [-0.4, -0.2) is 39.9 Å². The van der Waals surface area contributed by atoms with Crippen LogP contribution in [0, 0.1) is 0 Å². The quantitative estimate of drug-likeness (QED) is 0.719. The van der Waals surface area contributed by atoms with Gasteiger partial charge in [0.2, 0.25) is 0 Å². The van der Waals surface area contributed by atoms with E-state index >= 15 is 0 Å². The first-order chi connectivity index (χ1) is 11.7. The number of hydrogen-bond acceptors (Lipinski definition) is 3. The summed E-state index contributed by atoms with van der Waals surface area (Å²) < 4.78 is 7.59. The van der Waals surface area contributed by atoms with Gasteiger partial charge in [-0.15, -0.1) is 0 Å². The van der Waals surface area contributed by atoms with Gasteiger partial charge in [-0.2, -0.15) is 0 Å². The van der Waals surface area contributed by atoms with E-state index in [-0.39, 0.29) is 12.0 Å². The molecule has 1 saturated heterocycles. The van der Waals surface area contributed by atoms with Gasteiger partial charge in [0.15, 0.2) is 0 Å². The number of benzene rings is 1. The first-order valence-corrected chi connectivity index (χ1v) is 8.18. The molecule has 1 amide bonds. The predicted molar refractivity (Wildman–Crippen MR) is 91.2 cm³/mol. The molecule has 3 aromatic rings. The Hall–Kier alpha value is -2.37. The highest BCUT2D eigenvalue weighted by Crippen LogP contribution is 2.23. The van der Waals surface area contributed by atoms with Crippen molar-refractivity contribution in [3.05, 3.63) is 71.1 Å². The molecule has 0 bridgehead atoms. The second kappa shape index (κ2) is 6.26. The lowest BCUT2D eigenvalue weighted by Gasteiger charge is -2.32. The maximum absolute atomic E-state index is 12.8. The van der Waals surface area contributed by atoms with Crippen molar-refractivity contribution in [2.24, 2.45) is 0 Å². The largest absolute Gasteiger partial charge is 0.370 e. The summed E-state index contributed by atoms with van der Waals surface area (Å²) in [5.74, 6) is -0.0842. The number of halogens is 1. The van der Waals surface area contributed by atoms with Gasteiger partial charge in [0.25, 0.3) is 5.91 Å². The van der Waals surface area contributed by atoms with Crippen molar-refractivity contribution < 1.29 is 9.53 Å². The average molecular weight is 342 g/mol. The van der Waals surface area contributed by atoms with E-state index in [1.54, 1.807) is 33.8 Å². The number of ether oxygens (including phenoxy) is 1. The zero-order chi connectivity index (χ0) is 16.5. The van der Waals surface area contributed by atoms with E-state index in [1.807, 2.05) is 30.3 Å². The highest BCUT2D eigenvalue weighted by atomic mass is 35.5. The molecule has 2 aromatic heterocycles. The number of nitrogens with zero attached hydrogens (tertiary/aromatic N) is 3. The highest BCUT2D eigenvalue weighted by Gasteiger charge is 2.27. The number of amides is 1. The molecular weight excluding hydrogens is 326 g/mol. The van der Waals surface area contributed by atoms with Crippen LogP contribution >= 0.6 is 11.6 Å². The summed E-state index contributed by atoms with van der Waals surface area (Å²) in [6.45, 7) is 1.61. The van der Waals surface area contributed by atoms with Crippen molar-refractivity contribution in [1.82, 2.24) is 14.3 Å². The molecule has 1 aliphatic heterocycles. The molecule has 1 aromatic carbocycles. The van der Waals surface area contributed by atoms with Crippen molar-refractivity contribution in [2.75, 3.05) is 19.7 Å². The Labute approximate surface area is 144 Å². The lowest BCUT2D eigenvalue weighted by Crippen LogP contribution is -2.42. The molecule has 3 heterocycles. The summed E-state index contributed by atoms with van der Waals surface area (Å²) >= 11 is 5.98. The second-order valence-corrected chi connectivity index (χ2v) is 6.20. The molecule has 1 fully saturated rings. The Morgan fingerprint density at radius 2 is 2.00 bits per heavy atom. The molecular formula is C18H16ClN3O2. The minimum absolute atomic E-state index is 0.0842. The van der Waals surface area contributed by atoms with E-state index < -0.39 is 0 Å². The molecule has 0 unspecified atom stereocenters. The third-order valence-electron chi connectivity index (χ3n) is 4.16. The van der Waals surface area contributed by atoms with Crippen LogP contribution < -0.4 is 0 Å². The van der Waals surface area contributed by atoms with Crippen molar-refractivity contribution in [3.8, 4) is 0 Å². The summed E-state index contributed by atoms with van der Waals surface area (Å²) in [5.41, 5.74) is 2.21. The van der Waals surface area contributed by atoms with E-state index in [4.69, 9.17) is 16.3 Å². The van der Waals surface area contributed by atoms with Crippen LogP contribution in [0.5, 0.6) is 0 Å². The molecule has 0 saturated carbocycles. The molecule has 0 N–H and O–H groups in total. The lowest BCUT2D eigenvalue weighted by molar-refractivity contribution is -0.0229. The number of aromatic nitrogens is 2. The van der Waals surface area contributed by atoms with Gasteiger partial charge in [-0.3, -0.25) is 4.79 Å². The number of pyridine rings is 1. The fourth-order valence-electron chi connectivity index (χ4n) is 2.93. The third kappa shape index (κ3) is 2.88. The fourth-order valence-corrected chi connectivity index (χ4v) is 3.10. The molecule has 6 heteroatoms. The number of fused-ring (bicyclic) bond motifs is 1. The number of imidazole rings is 1. The summed E-state index contributed by atoms with van der Waals surface area (Å²) in [6, 6.07) is 13.5. The first-order valence-electron chi connectivity index (χ1n) is 7.81. The Balaban J connectivity index is 1.56. The summed E-state index contributed by atoms with van der Waals surface area (Å²) in [4.78, 5) is 19.0. The van der Waals surface area contributed by atoms with Crippen LogP contribution in [0.25, 0.3) is 5.65 Å². The van der Waals surface area contributed by atoms with Gasteiger partial charge in [0, 0.05) is 18.9 Å². The van der Waals surface area contributed by atoms with E-state index in [1.165, 1.54) is 0 Å². The SMILES string of the molecule is O=C(c1cn2cc(Cl)ccc2n1)N1CCO[C@@H](c2ccccc2)C1. The number of hydrogen-bond donors (Lipinski definition) is 0. The Morgan fingerprint density at radius 1 is 1.17 bits per heavy atom. The molecule has 1 atom stereocenters. The van der Waals surface area contributed by atoms with Crippen molar-refractivity contribution in [2.45, 2.75) is 6.10 Å². The molecule has 4 rings (SSSR count).